The van der Waals surface area contributed by atoms with Crippen LogP contribution < -0.4 is 0 Å². The highest BCUT2D eigenvalue weighted by molar-refractivity contribution is 7.88. The lowest BCUT2D eigenvalue weighted by Gasteiger charge is -2.37. The average molecular weight is 737 g/mol. The molecule has 0 bridgehead atoms. The third kappa shape index (κ3) is 6.81. The predicted octanol–water partition coefficient (Wildman–Crippen LogP) is 9.53. The molecule has 4 aromatic carbocycles. The van der Waals surface area contributed by atoms with E-state index in [4.69, 9.17) is 21.6 Å². The molecule has 8 heteroatoms. The smallest absolute Gasteiger partial charge is 0.211 e. The van der Waals surface area contributed by atoms with E-state index in [1.807, 2.05) is 30.7 Å². The number of benzene rings is 4. The van der Waals surface area contributed by atoms with Crippen molar-refractivity contribution in [3.8, 4) is 0 Å². The van der Waals surface area contributed by atoms with Crippen LogP contribution in [0.15, 0.2) is 146 Å². The van der Waals surface area contributed by atoms with Gasteiger partial charge in [-0.15, -0.1) is 0 Å². The third-order valence-corrected chi connectivity index (χ3v) is 12.4. The van der Waals surface area contributed by atoms with Gasteiger partial charge in [-0.25, -0.2) is 17.7 Å². The Bertz CT molecular complexity index is 2290. The van der Waals surface area contributed by atoms with Gasteiger partial charge in [-0.2, -0.15) is 0 Å². The van der Waals surface area contributed by atoms with E-state index < -0.39 is 15.6 Å². The zero-order chi connectivity index (χ0) is 36.4. The summed E-state index contributed by atoms with van der Waals surface area (Å²) in [4.78, 5) is 9.94. The molecular weight excluding hydrogens is 696 g/mol. The number of halogens is 1. The van der Waals surface area contributed by atoms with Crippen LogP contribution in [0.5, 0.6) is 0 Å². The fourth-order valence-corrected chi connectivity index (χ4v) is 9.44. The van der Waals surface area contributed by atoms with Crippen molar-refractivity contribution in [1.29, 1.82) is 0 Å². The van der Waals surface area contributed by atoms with Crippen molar-refractivity contribution in [2.75, 3.05) is 19.3 Å². The lowest BCUT2D eigenvalue weighted by molar-refractivity contribution is 0.256. The van der Waals surface area contributed by atoms with Gasteiger partial charge in [0.15, 0.2) is 0 Å². The molecule has 0 spiro atoms. The summed E-state index contributed by atoms with van der Waals surface area (Å²) >= 11 is 6.61. The summed E-state index contributed by atoms with van der Waals surface area (Å²) in [6.45, 7) is 1.03. The number of fused-ring (bicyclic) bond motifs is 2. The van der Waals surface area contributed by atoms with E-state index in [0.717, 1.165) is 57.6 Å². The highest BCUT2D eigenvalue weighted by atomic mass is 35.5. The molecule has 1 unspecified atom stereocenters. The van der Waals surface area contributed by atoms with Crippen molar-refractivity contribution in [1.82, 2.24) is 18.8 Å². The molecule has 3 heterocycles. The summed E-state index contributed by atoms with van der Waals surface area (Å²) in [5.74, 6) is 0.267. The maximum Gasteiger partial charge on any atom is 0.211 e. The van der Waals surface area contributed by atoms with Gasteiger partial charge in [0.25, 0.3) is 0 Å². The Labute approximate surface area is 317 Å². The molecule has 1 atom stereocenters. The monoisotopic (exact) mass is 736 g/mol. The van der Waals surface area contributed by atoms with Crippen molar-refractivity contribution in [2.45, 2.75) is 30.7 Å². The number of allylic oxidation sites excluding steroid dienone is 2. The van der Waals surface area contributed by atoms with Crippen LogP contribution in [0.25, 0.3) is 17.7 Å². The molecule has 8 rings (SSSR count). The molecule has 1 aliphatic heterocycles. The summed E-state index contributed by atoms with van der Waals surface area (Å²) in [6, 6.07) is 42.1. The summed E-state index contributed by atoms with van der Waals surface area (Å²) in [7, 11) is -3.23. The number of aromatic nitrogens is 3. The Balaban J connectivity index is 1.15. The SMILES string of the molecule is CS(=O)(=O)N1CCC(C2c3ccc(Cl)cc3C=C(C/C=C/c3cn(C(c4ccccc4)(c4ccccc4)c4ccccc4)cn3)c3cccnc32)CC1. The van der Waals surface area contributed by atoms with Crippen LogP contribution in [0.2, 0.25) is 5.02 Å². The molecule has 1 aliphatic carbocycles. The van der Waals surface area contributed by atoms with Gasteiger partial charge in [-0.1, -0.05) is 127 Å². The van der Waals surface area contributed by atoms with Gasteiger partial charge in [-0.3, -0.25) is 4.98 Å². The van der Waals surface area contributed by atoms with Crippen molar-refractivity contribution >= 4 is 39.3 Å². The first-order valence-corrected chi connectivity index (χ1v) is 20.3. The lowest BCUT2D eigenvalue weighted by atomic mass is 9.76. The van der Waals surface area contributed by atoms with E-state index in [1.54, 1.807) is 4.31 Å². The molecule has 2 aliphatic rings. The van der Waals surface area contributed by atoms with Gasteiger partial charge in [0.05, 0.1) is 24.0 Å². The molecule has 1 saturated heterocycles. The highest BCUT2D eigenvalue weighted by Gasteiger charge is 2.39. The normalized spacial score (nSPS) is 16.9. The Morgan fingerprint density at radius 3 is 2.04 bits per heavy atom. The lowest BCUT2D eigenvalue weighted by Crippen LogP contribution is -2.39. The highest BCUT2D eigenvalue weighted by Crippen LogP contribution is 2.46. The van der Waals surface area contributed by atoms with Crippen LogP contribution in [-0.2, 0) is 15.6 Å². The molecule has 0 saturated carbocycles. The van der Waals surface area contributed by atoms with Crippen LogP contribution in [0.4, 0.5) is 0 Å². The van der Waals surface area contributed by atoms with Crippen LogP contribution in [0.1, 0.15) is 69.9 Å². The first-order chi connectivity index (χ1) is 25.8. The number of imidazole rings is 1. The van der Waals surface area contributed by atoms with E-state index in [2.05, 4.69) is 132 Å². The minimum atomic E-state index is -3.23. The standard InChI is InChI=1S/C45H41ClN4O2S/c1-53(51,52)50-27-24-33(25-28-50)43-41-23-22-39(46)30-35(41)29-34(42-21-12-26-47-44(42)43)13-11-20-40-31-49(32-48-40)45(36-14-5-2-6-15-36,37-16-7-3-8-17-37)38-18-9-4-10-19-38/h2-12,14-23,26,29-33,43H,13,24-25,27-28H2,1H3/b20-11+. The number of hydrogen-bond acceptors (Lipinski definition) is 4. The minimum absolute atomic E-state index is 0.0238. The molecule has 266 valence electrons. The van der Waals surface area contributed by atoms with Crippen molar-refractivity contribution in [3.05, 3.63) is 196 Å². The minimum Gasteiger partial charge on any atom is -0.318 e. The van der Waals surface area contributed by atoms with Crippen molar-refractivity contribution in [3.63, 3.8) is 0 Å². The average Bonchev–Trinajstić information content (AvgIpc) is 3.61. The first kappa shape index (κ1) is 35.0. The van der Waals surface area contributed by atoms with Gasteiger partial charge in [0.1, 0.15) is 5.54 Å². The number of pyridine rings is 1. The van der Waals surface area contributed by atoms with Crippen molar-refractivity contribution < 1.29 is 8.42 Å². The first-order valence-electron chi connectivity index (χ1n) is 18.1. The molecule has 0 amide bonds. The Hall–Kier alpha value is -5.08. The van der Waals surface area contributed by atoms with Gasteiger partial charge in [0.2, 0.25) is 10.0 Å². The second kappa shape index (κ2) is 14.7. The second-order valence-electron chi connectivity index (χ2n) is 14.0. The Morgan fingerprint density at radius 1 is 0.811 bits per heavy atom. The summed E-state index contributed by atoms with van der Waals surface area (Å²) in [5, 5.41) is 0.684. The largest absolute Gasteiger partial charge is 0.318 e. The van der Waals surface area contributed by atoms with E-state index in [-0.39, 0.29) is 11.8 Å². The molecule has 0 radical (unpaired) electrons. The fraction of sp³-hybridized carbons (Fsp3) is 0.200. The topological polar surface area (TPSA) is 68.1 Å². The van der Waals surface area contributed by atoms with E-state index in [0.29, 0.717) is 24.5 Å². The Morgan fingerprint density at radius 2 is 1.43 bits per heavy atom. The van der Waals surface area contributed by atoms with E-state index in [1.165, 1.54) is 11.8 Å². The fourth-order valence-electron chi connectivity index (χ4n) is 8.39. The molecule has 0 N–H and O–H groups in total. The Kier molecular flexibility index (Phi) is 9.73. The molecule has 6 nitrogen and oxygen atoms in total. The van der Waals surface area contributed by atoms with Gasteiger partial charge in [0, 0.05) is 42.0 Å². The molecule has 2 aromatic heterocycles. The van der Waals surface area contributed by atoms with E-state index in [9.17, 15) is 8.42 Å². The quantitative estimate of drug-likeness (QED) is 0.139. The number of hydrogen-bond donors (Lipinski definition) is 0. The summed E-state index contributed by atoms with van der Waals surface area (Å²) in [6.07, 6.45) is 16.0. The summed E-state index contributed by atoms with van der Waals surface area (Å²) in [5.41, 5.74) is 9.22. The van der Waals surface area contributed by atoms with Crippen LogP contribution in [0, 0.1) is 5.92 Å². The number of sulfonamides is 1. The number of nitrogens with zero attached hydrogens (tertiary/aromatic N) is 4. The molecule has 1 fully saturated rings. The van der Waals surface area contributed by atoms with Gasteiger partial charge < -0.3 is 4.57 Å². The zero-order valence-electron chi connectivity index (χ0n) is 29.6. The van der Waals surface area contributed by atoms with Crippen LogP contribution >= 0.6 is 11.6 Å². The predicted molar refractivity (Wildman–Crippen MR) is 215 cm³/mol. The van der Waals surface area contributed by atoms with Gasteiger partial charge in [-0.05, 0) is 82.8 Å². The van der Waals surface area contributed by atoms with Gasteiger partial charge >= 0.3 is 0 Å². The van der Waals surface area contributed by atoms with Crippen LogP contribution in [0.3, 0.4) is 0 Å². The molecule has 6 aromatic rings. The zero-order valence-corrected chi connectivity index (χ0v) is 31.2. The number of rotatable bonds is 9. The van der Waals surface area contributed by atoms with Crippen LogP contribution in [-0.4, -0.2) is 46.6 Å². The summed E-state index contributed by atoms with van der Waals surface area (Å²) < 4.78 is 28.5. The van der Waals surface area contributed by atoms with E-state index >= 15 is 0 Å². The molecular formula is C45H41ClN4O2S. The maximum atomic E-state index is 12.3. The third-order valence-electron chi connectivity index (χ3n) is 10.8. The molecule has 53 heavy (non-hydrogen) atoms. The number of piperidine rings is 1. The maximum absolute atomic E-state index is 12.3. The second-order valence-corrected chi connectivity index (χ2v) is 16.4. The van der Waals surface area contributed by atoms with Crippen molar-refractivity contribution in [2.24, 2.45) is 5.92 Å².